The van der Waals surface area contributed by atoms with E-state index in [0.29, 0.717) is 18.0 Å². The molecule has 0 bridgehead atoms. The third kappa shape index (κ3) is 3.48. The van der Waals surface area contributed by atoms with Crippen LogP contribution >= 0.6 is 15.9 Å². The molecule has 1 spiro atoms. The van der Waals surface area contributed by atoms with Gasteiger partial charge < -0.3 is 14.9 Å². The average Bonchev–Trinajstić information content (AvgIpc) is 2.98. The number of aliphatic hydroxyl groups is 1. The molecule has 1 aromatic carbocycles. The summed E-state index contributed by atoms with van der Waals surface area (Å²) in [6.07, 6.45) is 6.04. The molecule has 2 saturated heterocycles. The van der Waals surface area contributed by atoms with Crippen LogP contribution in [0.4, 0.5) is 5.69 Å². The summed E-state index contributed by atoms with van der Waals surface area (Å²) in [5, 5.41) is 19.3. The summed E-state index contributed by atoms with van der Waals surface area (Å²) >= 11 is 3.51. The van der Waals surface area contributed by atoms with E-state index < -0.39 is 0 Å². The number of nitriles is 1. The van der Waals surface area contributed by atoms with Gasteiger partial charge in [0.1, 0.15) is 6.07 Å². The fourth-order valence-electron chi connectivity index (χ4n) is 5.14. The molecule has 1 aromatic rings. The first-order valence-corrected chi connectivity index (χ1v) is 10.8. The largest absolute Gasteiger partial charge is 0.393 e. The van der Waals surface area contributed by atoms with Gasteiger partial charge in [0, 0.05) is 30.1 Å². The molecule has 27 heavy (non-hydrogen) atoms. The van der Waals surface area contributed by atoms with Crippen LogP contribution in [-0.2, 0) is 4.79 Å². The number of carbonyl (C=O) groups is 1. The normalized spacial score (nSPS) is 31.4. The predicted octanol–water partition coefficient (Wildman–Crippen LogP) is 3.44. The summed E-state index contributed by atoms with van der Waals surface area (Å²) < 4.78 is 0.955. The van der Waals surface area contributed by atoms with Crippen LogP contribution in [0.3, 0.4) is 0 Å². The number of benzene rings is 1. The first kappa shape index (κ1) is 18.8. The molecule has 0 aromatic heterocycles. The number of hydrogen-bond acceptors (Lipinski definition) is 4. The fourth-order valence-corrected chi connectivity index (χ4v) is 5.49. The Morgan fingerprint density at radius 1 is 1.19 bits per heavy atom. The number of carbonyl (C=O) groups excluding carboxylic acids is 1. The summed E-state index contributed by atoms with van der Waals surface area (Å²) in [6.45, 7) is 2.41. The van der Waals surface area contributed by atoms with Gasteiger partial charge in [0.25, 0.3) is 0 Å². The number of hydrogen-bond donors (Lipinski definition) is 1. The first-order valence-electron chi connectivity index (χ1n) is 9.96. The van der Waals surface area contributed by atoms with E-state index in [1.807, 2.05) is 18.2 Å². The Bertz CT molecular complexity index is 769. The highest BCUT2D eigenvalue weighted by atomic mass is 79.9. The summed E-state index contributed by atoms with van der Waals surface area (Å²) in [5.74, 6) is 0.294. The van der Waals surface area contributed by atoms with Gasteiger partial charge in [-0.25, -0.2) is 0 Å². The third-order valence-corrected chi connectivity index (χ3v) is 7.14. The van der Waals surface area contributed by atoms with Gasteiger partial charge in [0.05, 0.1) is 22.8 Å². The average molecular weight is 432 g/mol. The van der Waals surface area contributed by atoms with E-state index in [2.05, 4.69) is 31.8 Å². The molecule has 1 aliphatic carbocycles. The molecule has 5 nitrogen and oxygen atoms in total. The Kier molecular flexibility index (Phi) is 5.17. The fraction of sp³-hybridized carbons (Fsp3) is 0.619. The van der Waals surface area contributed by atoms with Crippen LogP contribution < -0.4 is 4.90 Å². The Hall–Kier alpha value is -1.58. The Morgan fingerprint density at radius 2 is 1.96 bits per heavy atom. The highest BCUT2D eigenvalue weighted by molar-refractivity contribution is 9.10. The monoisotopic (exact) mass is 431 g/mol. The standard InChI is InChI=1S/C21H26BrN3O2/c22-16-3-2-15(13-23)19(12-16)24-10-1-8-21(14-24)9-11-25(20(21)27)17-4-6-18(26)7-5-17/h2-3,12,17-18,26H,1,4-11,14H2/t17-,18+,21?. The highest BCUT2D eigenvalue weighted by Crippen LogP contribution is 2.44. The van der Waals surface area contributed by atoms with Gasteiger partial charge in [-0.05, 0) is 63.1 Å². The van der Waals surface area contributed by atoms with Crippen molar-refractivity contribution in [3.63, 3.8) is 0 Å². The van der Waals surface area contributed by atoms with Gasteiger partial charge in [-0.15, -0.1) is 0 Å². The molecule has 1 unspecified atom stereocenters. The Morgan fingerprint density at radius 3 is 2.70 bits per heavy atom. The summed E-state index contributed by atoms with van der Waals surface area (Å²) in [4.78, 5) is 17.8. The molecule has 6 heteroatoms. The quantitative estimate of drug-likeness (QED) is 0.778. The highest BCUT2D eigenvalue weighted by Gasteiger charge is 2.50. The Labute approximate surface area is 169 Å². The zero-order valence-electron chi connectivity index (χ0n) is 15.5. The number of likely N-dealkylation sites (tertiary alicyclic amines) is 1. The van der Waals surface area contributed by atoms with Crippen LogP contribution in [0, 0.1) is 16.7 Å². The second-order valence-electron chi connectivity index (χ2n) is 8.29. The van der Waals surface area contributed by atoms with E-state index in [4.69, 9.17) is 0 Å². The molecule has 1 N–H and O–H groups in total. The van der Waals surface area contributed by atoms with Crippen molar-refractivity contribution >= 4 is 27.5 Å². The zero-order valence-corrected chi connectivity index (χ0v) is 17.1. The van der Waals surface area contributed by atoms with Gasteiger partial charge in [0.2, 0.25) is 5.91 Å². The predicted molar refractivity (Wildman–Crippen MR) is 107 cm³/mol. The zero-order chi connectivity index (χ0) is 19.0. The van der Waals surface area contributed by atoms with Crippen LogP contribution in [0.5, 0.6) is 0 Å². The van der Waals surface area contributed by atoms with Gasteiger partial charge in [0.15, 0.2) is 0 Å². The van der Waals surface area contributed by atoms with Crippen molar-refractivity contribution in [3.05, 3.63) is 28.2 Å². The van der Waals surface area contributed by atoms with Crippen LogP contribution in [0.25, 0.3) is 0 Å². The third-order valence-electron chi connectivity index (χ3n) is 6.65. The van der Waals surface area contributed by atoms with Gasteiger partial charge in [-0.2, -0.15) is 5.26 Å². The van der Waals surface area contributed by atoms with E-state index in [-0.39, 0.29) is 17.6 Å². The molecular formula is C21H26BrN3O2. The molecular weight excluding hydrogens is 406 g/mol. The van der Waals surface area contributed by atoms with Crippen molar-refractivity contribution in [2.24, 2.45) is 5.41 Å². The molecule has 1 atom stereocenters. The lowest BCUT2D eigenvalue weighted by molar-refractivity contribution is -0.139. The van der Waals surface area contributed by atoms with Crippen molar-refractivity contribution in [2.75, 3.05) is 24.5 Å². The van der Waals surface area contributed by atoms with Crippen LogP contribution in [0.1, 0.15) is 50.5 Å². The topological polar surface area (TPSA) is 67.6 Å². The minimum Gasteiger partial charge on any atom is -0.393 e. The van der Waals surface area contributed by atoms with Gasteiger partial charge in [-0.3, -0.25) is 4.79 Å². The number of nitrogens with zero attached hydrogens (tertiary/aromatic N) is 3. The van der Waals surface area contributed by atoms with Crippen molar-refractivity contribution in [1.29, 1.82) is 5.26 Å². The smallest absolute Gasteiger partial charge is 0.230 e. The van der Waals surface area contributed by atoms with Crippen molar-refractivity contribution < 1.29 is 9.90 Å². The molecule has 2 aliphatic heterocycles. The number of amides is 1. The molecule has 3 fully saturated rings. The summed E-state index contributed by atoms with van der Waals surface area (Å²) in [7, 11) is 0. The number of anilines is 1. The minimum absolute atomic E-state index is 0.195. The van der Waals surface area contributed by atoms with Crippen LogP contribution in [0.15, 0.2) is 22.7 Å². The molecule has 3 aliphatic rings. The van der Waals surface area contributed by atoms with Gasteiger partial charge >= 0.3 is 0 Å². The maximum Gasteiger partial charge on any atom is 0.230 e. The number of piperidine rings is 1. The van der Waals surface area contributed by atoms with Crippen molar-refractivity contribution in [2.45, 2.75) is 57.1 Å². The van der Waals surface area contributed by atoms with Gasteiger partial charge in [-0.1, -0.05) is 15.9 Å². The lowest BCUT2D eigenvalue weighted by Gasteiger charge is -2.41. The van der Waals surface area contributed by atoms with E-state index >= 15 is 0 Å². The van der Waals surface area contributed by atoms with Crippen LogP contribution in [-0.4, -0.2) is 47.7 Å². The molecule has 144 valence electrons. The second-order valence-corrected chi connectivity index (χ2v) is 9.21. The first-order chi connectivity index (χ1) is 13.0. The summed E-state index contributed by atoms with van der Waals surface area (Å²) in [6, 6.07) is 8.31. The van der Waals surface area contributed by atoms with E-state index in [1.54, 1.807) is 0 Å². The number of rotatable bonds is 2. The second kappa shape index (κ2) is 7.44. The van der Waals surface area contributed by atoms with E-state index in [0.717, 1.165) is 68.2 Å². The Balaban J connectivity index is 1.54. The number of aliphatic hydroxyl groups excluding tert-OH is 1. The molecule has 1 saturated carbocycles. The van der Waals surface area contributed by atoms with E-state index in [9.17, 15) is 15.2 Å². The molecule has 4 rings (SSSR count). The van der Waals surface area contributed by atoms with Crippen molar-refractivity contribution in [3.8, 4) is 6.07 Å². The van der Waals surface area contributed by atoms with Crippen LogP contribution in [0.2, 0.25) is 0 Å². The van der Waals surface area contributed by atoms with E-state index in [1.165, 1.54) is 0 Å². The molecule has 1 amide bonds. The minimum atomic E-state index is -0.316. The maximum absolute atomic E-state index is 13.4. The lowest BCUT2D eigenvalue weighted by atomic mass is 9.78. The SMILES string of the molecule is N#Cc1ccc(Br)cc1N1CCCC2(CCN([C@H]3CC[C@@H](O)CC3)C2=O)C1. The van der Waals surface area contributed by atoms with Crippen molar-refractivity contribution in [1.82, 2.24) is 4.90 Å². The molecule has 2 heterocycles. The lowest BCUT2D eigenvalue weighted by Crippen LogP contribution is -2.50. The summed E-state index contributed by atoms with van der Waals surface area (Å²) in [5.41, 5.74) is 1.28. The number of halogens is 1. The molecule has 0 radical (unpaired) electrons. The maximum atomic E-state index is 13.4.